The molecule has 0 bridgehead atoms. The summed E-state index contributed by atoms with van der Waals surface area (Å²) in [5.74, 6) is -0.594. The van der Waals surface area contributed by atoms with Crippen molar-refractivity contribution in [3.05, 3.63) is 23.5 Å². The Kier molecular flexibility index (Phi) is 2.33. The Bertz CT molecular complexity index is 314. The maximum Gasteiger partial charge on any atom is 0.269 e. The van der Waals surface area contributed by atoms with Gasteiger partial charge >= 0.3 is 0 Å². The largest absolute Gasteiger partial charge is 0.435 e. The third kappa shape index (κ3) is 1.55. The van der Waals surface area contributed by atoms with Gasteiger partial charge in [0.1, 0.15) is 5.69 Å². The van der Waals surface area contributed by atoms with E-state index in [1.165, 1.54) is 0 Å². The Hall–Kier alpha value is -1.52. The van der Waals surface area contributed by atoms with Crippen LogP contribution in [0.25, 0.3) is 0 Å². The first-order chi connectivity index (χ1) is 5.65. The van der Waals surface area contributed by atoms with Gasteiger partial charge in [-0.05, 0) is 18.6 Å². The van der Waals surface area contributed by atoms with Gasteiger partial charge in [-0.3, -0.25) is 4.79 Å². The predicted molar refractivity (Wildman–Crippen MR) is 46.9 cm³/mol. The Morgan fingerprint density at radius 1 is 1.75 bits per heavy atom. The molecule has 0 aliphatic rings. The van der Waals surface area contributed by atoms with Gasteiger partial charge in [-0.25, -0.2) is 4.98 Å². The molecular weight excluding hydrogens is 153 g/mol. The quantitative estimate of drug-likeness (QED) is 0.599. The number of hydrogen-bond acceptors (Lipinski definition) is 3. The Balaban J connectivity index is 3.20. The summed E-state index contributed by atoms with van der Waals surface area (Å²) in [7, 11) is 5.16. The Morgan fingerprint density at radius 2 is 2.42 bits per heavy atom. The summed E-state index contributed by atoms with van der Waals surface area (Å²) in [6, 6.07) is 1.70. The topological polar surface area (TPSA) is 68.0 Å². The fraction of sp³-hybridized carbons (Fsp3) is 0.143. The molecule has 0 unspecified atom stereocenters. The minimum atomic E-state index is -0.594. The van der Waals surface area contributed by atoms with Crippen molar-refractivity contribution in [1.29, 1.82) is 0 Å². The smallest absolute Gasteiger partial charge is 0.269 e. The van der Waals surface area contributed by atoms with Gasteiger partial charge < -0.3 is 11.0 Å². The van der Waals surface area contributed by atoms with E-state index in [1.807, 2.05) is 6.92 Å². The maximum atomic E-state index is 10.8. The molecule has 0 atom stereocenters. The molecular formula is C7H8BN3O. The van der Waals surface area contributed by atoms with Crippen molar-refractivity contribution in [2.45, 2.75) is 6.92 Å². The second kappa shape index (κ2) is 3.25. The highest BCUT2D eigenvalue weighted by molar-refractivity contribution is 6.17. The fourth-order valence-corrected chi connectivity index (χ4v) is 0.876. The van der Waals surface area contributed by atoms with Crippen molar-refractivity contribution in [2.75, 3.05) is 5.23 Å². The van der Waals surface area contributed by atoms with E-state index in [2.05, 4.69) is 10.2 Å². The summed E-state index contributed by atoms with van der Waals surface area (Å²) in [5.41, 5.74) is 6.56. The molecule has 0 aliphatic heterocycles. The number of pyridine rings is 1. The number of anilines is 1. The highest BCUT2D eigenvalue weighted by Crippen LogP contribution is 2.12. The van der Waals surface area contributed by atoms with Crippen LogP contribution in [-0.4, -0.2) is 18.9 Å². The first-order valence-electron chi connectivity index (χ1n) is 3.38. The van der Waals surface area contributed by atoms with Crippen LogP contribution in [0.4, 0.5) is 5.69 Å². The normalized spacial score (nSPS) is 9.42. The van der Waals surface area contributed by atoms with E-state index in [4.69, 9.17) is 13.7 Å². The van der Waals surface area contributed by atoms with Gasteiger partial charge in [-0.15, -0.1) is 0 Å². The fourth-order valence-electron chi connectivity index (χ4n) is 0.876. The average Bonchev–Trinajstić information content (AvgIpc) is 2.03. The van der Waals surface area contributed by atoms with E-state index in [0.29, 0.717) is 5.69 Å². The molecule has 4 nitrogen and oxygen atoms in total. The van der Waals surface area contributed by atoms with Crippen molar-refractivity contribution in [2.24, 2.45) is 5.73 Å². The predicted octanol–water partition coefficient (Wildman–Crippen LogP) is -0.0157. The summed E-state index contributed by atoms with van der Waals surface area (Å²) in [6.07, 6.45) is 1.56. The van der Waals surface area contributed by atoms with Crippen molar-refractivity contribution < 1.29 is 4.79 Å². The zero-order valence-corrected chi connectivity index (χ0v) is 6.66. The lowest BCUT2D eigenvalue weighted by Crippen LogP contribution is -2.15. The minimum absolute atomic E-state index is 0.156. The van der Waals surface area contributed by atoms with Crippen molar-refractivity contribution in [3.8, 4) is 0 Å². The number of hydrogen-bond donors (Lipinski definition) is 2. The van der Waals surface area contributed by atoms with Crippen LogP contribution in [0, 0.1) is 6.92 Å². The van der Waals surface area contributed by atoms with Gasteiger partial charge in [-0.2, -0.15) is 0 Å². The molecule has 0 fully saturated rings. The molecule has 0 saturated carbocycles. The number of rotatable bonds is 2. The lowest BCUT2D eigenvalue weighted by Gasteiger charge is -2.05. The highest BCUT2D eigenvalue weighted by atomic mass is 16.1. The van der Waals surface area contributed by atoms with Gasteiger partial charge in [0.15, 0.2) is 0 Å². The number of amides is 1. The standard InChI is InChI=1S/C7H8BN3O/c1-4-2-5(11-8)6(7(9)12)10-3-4/h2-3,11H,1H3,(H2,9,12). The van der Waals surface area contributed by atoms with Gasteiger partial charge in [0.05, 0.1) is 5.69 Å². The van der Waals surface area contributed by atoms with Crippen molar-refractivity contribution in [3.63, 3.8) is 0 Å². The monoisotopic (exact) mass is 161 g/mol. The molecule has 0 spiro atoms. The molecule has 0 aliphatic carbocycles. The molecule has 12 heavy (non-hydrogen) atoms. The molecule has 60 valence electrons. The van der Waals surface area contributed by atoms with Crippen LogP contribution in [0.2, 0.25) is 0 Å². The number of nitrogens with zero attached hydrogens (tertiary/aromatic N) is 1. The van der Waals surface area contributed by atoms with Crippen LogP contribution < -0.4 is 11.0 Å². The number of aryl methyl sites for hydroxylation is 1. The van der Waals surface area contributed by atoms with Gasteiger partial charge in [-0.1, -0.05) is 0 Å². The summed E-state index contributed by atoms with van der Waals surface area (Å²) in [6.45, 7) is 1.85. The summed E-state index contributed by atoms with van der Waals surface area (Å²) in [4.78, 5) is 14.6. The molecule has 1 amide bonds. The molecule has 1 aromatic rings. The van der Waals surface area contributed by atoms with Crippen LogP contribution in [0.5, 0.6) is 0 Å². The second-order valence-electron chi connectivity index (χ2n) is 2.42. The molecule has 1 aromatic heterocycles. The number of nitrogens with two attached hydrogens (primary N) is 1. The van der Waals surface area contributed by atoms with Crippen LogP contribution in [-0.2, 0) is 0 Å². The molecule has 3 N–H and O–H groups in total. The van der Waals surface area contributed by atoms with Crippen LogP contribution >= 0.6 is 0 Å². The van der Waals surface area contributed by atoms with Crippen LogP contribution in [0.15, 0.2) is 12.3 Å². The molecule has 5 heteroatoms. The first-order valence-corrected chi connectivity index (χ1v) is 3.38. The van der Waals surface area contributed by atoms with Crippen LogP contribution in [0.1, 0.15) is 16.1 Å². The minimum Gasteiger partial charge on any atom is -0.435 e. The number of primary amides is 1. The molecule has 1 rings (SSSR count). The Morgan fingerprint density at radius 3 is 2.92 bits per heavy atom. The van der Waals surface area contributed by atoms with Crippen molar-refractivity contribution in [1.82, 2.24) is 4.98 Å². The number of aromatic nitrogens is 1. The van der Waals surface area contributed by atoms with E-state index in [-0.39, 0.29) is 5.69 Å². The average molecular weight is 161 g/mol. The van der Waals surface area contributed by atoms with Crippen molar-refractivity contribution >= 4 is 19.6 Å². The number of carbonyl (C=O) groups is 1. The highest BCUT2D eigenvalue weighted by Gasteiger charge is 2.07. The molecule has 1 heterocycles. The summed E-state index contributed by atoms with van der Waals surface area (Å²) in [5, 5.41) is 2.35. The van der Waals surface area contributed by atoms with Crippen LogP contribution in [0.3, 0.4) is 0 Å². The van der Waals surface area contributed by atoms with E-state index in [1.54, 1.807) is 12.3 Å². The lowest BCUT2D eigenvalue weighted by atomic mass is 10.2. The van der Waals surface area contributed by atoms with Gasteiger partial charge in [0, 0.05) is 6.20 Å². The number of nitrogens with one attached hydrogen (secondary N) is 1. The Labute approximate surface area is 71.6 Å². The van der Waals surface area contributed by atoms with E-state index >= 15 is 0 Å². The molecule has 0 saturated heterocycles. The SMILES string of the molecule is [B]Nc1cc(C)cnc1C(N)=O. The molecule has 2 radical (unpaired) electrons. The molecule has 0 aromatic carbocycles. The zero-order valence-electron chi connectivity index (χ0n) is 6.66. The number of carbonyl (C=O) groups excluding carboxylic acids is 1. The second-order valence-corrected chi connectivity index (χ2v) is 2.42. The zero-order chi connectivity index (χ0) is 9.14. The first kappa shape index (κ1) is 8.58. The van der Waals surface area contributed by atoms with E-state index in [0.717, 1.165) is 5.56 Å². The van der Waals surface area contributed by atoms with E-state index < -0.39 is 5.91 Å². The van der Waals surface area contributed by atoms with Gasteiger partial charge in [0.2, 0.25) is 7.98 Å². The summed E-state index contributed by atoms with van der Waals surface area (Å²) >= 11 is 0. The maximum absolute atomic E-state index is 10.8. The third-order valence-corrected chi connectivity index (χ3v) is 1.41. The van der Waals surface area contributed by atoms with E-state index in [9.17, 15) is 4.79 Å². The lowest BCUT2D eigenvalue weighted by molar-refractivity contribution is 0.0996. The third-order valence-electron chi connectivity index (χ3n) is 1.41. The van der Waals surface area contributed by atoms with Gasteiger partial charge in [0.25, 0.3) is 5.91 Å². The summed E-state index contributed by atoms with van der Waals surface area (Å²) < 4.78 is 0.